The summed E-state index contributed by atoms with van der Waals surface area (Å²) in [6.45, 7) is 0. The van der Waals surface area contributed by atoms with E-state index in [0.717, 1.165) is 5.38 Å². The summed E-state index contributed by atoms with van der Waals surface area (Å²) in [5.74, 6) is -0.0588. The van der Waals surface area contributed by atoms with E-state index in [2.05, 4.69) is 9.97 Å². The Balaban J connectivity index is 2.21. The molecule has 3 rings (SSSR count). The number of hydrogen-bond donors (Lipinski definition) is 0. The molecule has 0 saturated carbocycles. The lowest BCUT2D eigenvalue weighted by atomic mass is 10.2. The van der Waals surface area contributed by atoms with Crippen LogP contribution in [-0.4, -0.2) is 17.1 Å². The van der Waals surface area contributed by atoms with Crippen LogP contribution in [0.5, 0.6) is 5.75 Å². The van der Waals surface area contributed by atoms with Crippen LogP contribution in [0.15, 0.2) is 26.7 Å². The third kappa shape index (κ3) is 2.77. The van der Waals surface area contributed by atoms with Crippen LogP contribution < -0.4 is 10.4 Å². The van der Waals surface area contributed by atoms with Gasteiger partial charge in [-0.1, -0.05) is 11.6 Å². The Bertz CT molecular complexity index is 952. The van der Waals surface area contributed by atoms with E-state index in [1.54, 1.807) is 0 Å². The lowest BCUT2D eigenvalue weighted by Crippen LogP contribution is -2.06. The Morgan fingerprint density at radius 1 is 1.30 bits per heavy atom. The summed E-state index contributed by atoms with van der Waals surface area (Å²) in [6, 6.07) is 2.87. The first-order valence-electron chi connectivity index (χ1n) is 6.01. The van der Waals surface area contributed by atoms with Crippen molar-refractivity contribution in [2.75, 3.05) is 7.11 Å². The molecule has 0 atom stereocenters. The highest BCUT2D eigenvalue weighted by atomic mass is 35.5. The molecule has 2 aromatic heterocycles. The fourth-order valence-corrected chi connectivity index (χ4v) is 2.87. The monoisotopic (exact) mass is 362 g/mol. The molecule has 0 aliphatic carbocycles. The molecule has 1 aromatic carbocycles. The first-order valence-corrected chi connectivity index (χ1v) is 7.27. The number of fused-ring (bicyclic) bond motifs is 1. The van der Waals surface area contributed by atoms with Gasteiger partial charge in [0.25, 0.3) is 5.89 Å². The highest BCUT2D eigenvalue weighted by molar-refractivity contribution is 7.13. The van der Waals surface area contributed by atoms with Crippen LogP contribution in [0.4, 0.5) is 13.2 Å². The number of rotatable bonds is 2. The van der Waals surface area contributed by atoms with Gasteiger partial charge in [0, 0.05) is 5.38 Å². The van der Waals surface area contributed by atoms with Gasteiger partial charge in [-0.15, -0.1) is 11.3 Å². The minimum atomic E-state index is -4.59. The van der Waals surface area contributed by atoms with Gasteiger partial charge in [0.2, 0.25) is 0 Å². The van der Waals surface area contributed by atoms with Crippen molar-refractivity contribution in [3.05, 3.63) is 38.6 Å². The molecule has 0 spiro atoms. The lowest BCUT2D eigenvalue weighted by Gasteiger charge is -2.05. The number of methoxy groups -OCH3 is 1. The molecular weight excluding hydrogens is 357 g/mol. The molecule has 5 nitrogen and oxygen atoms in total. The predicted molar refractivity (Wildman–Crippen MR) is 78.0 cm³/mol. The van der Waals surface area contributed by atoms with Crippen LogP contribution in [0.25, 0.3) is 21.8 Å². The van der Waals surface area contributed by atoms with Crippen LogP contribution in [0, 0.1) is 0 Å². The summed E-state index contributed by atoms with van der Waals surface area (Å²) in [5.41, 5.74) is -1.79. The number of nitrogens with zero attached hydrogens (tertiary/aromatic N) is 2. The number of halogens is 4. The SMILES string of the molecule is COc1ccc2c(=O)oc(-c3nc(C(F)(F)F)cs3)nc2c1Cl. The van der Waals surface area contributed by atoms with E-state index in [1.807, 2.05) is 0 Å². The summed E-state index contributed by atoms with van der Waals surface area (Å²) < 4.78 is 47.8. The Morgan fingerprint density at radius 3 is 2.65 bits per heavy atom. The topological polar surface area (TPSA) is 65.2 Å². The van der Waals surface area contributed by atoms with Crippen molar-refractivity contribution in [3.63, 3.8) is 0 Å². The molecule has 0 amide bonds. The van der Waals surface area contributed by atoms with Crippen LogP contribution in [0.2, 0.25) is 5.02 Å². The standard InChI is InChI=1S/C13H6ClF3N2O3S/c1-21-6-3-2-5-9(8(6)14)19-10(22-12(5)20)11-18-7(4-23-11)13(15,16)17/h2-4H,1H3. The molecule has 0 aliphatic heterocycles. The van der Waals surface area contributed by atoms with Gasteiger partial charge in [-0.05, 0) is 12.1 Å². The Kier molecular flexibility index (Phi) is 3.77. The third-order valence-corrected chi connectivity index (χ3v) is 4.10. The van der Waals surface area contributed by atoms with Crippen molar-refractivity contribution in [2.45, 2.75) is 6.18 Å². The van der Waals surface area contributed by atoms with Gasteiger partial charge >= 0.3 is 11.8 Å². The number of aromatic nitrogens is 2. The van der Waals surface area contributed by atoms with Crippen molar-refractivity contribution in [2.24, 2.45) is 0 Å². The molecule has 10 heteroatoms. The molecule has 0 bridgehead atoms. The van der Waals surface area contributed by atoms with Crippen molar-refractivity contribution in [1.82, 2.24) is 9.97 Å². The smallest absolute Gasteiger partial charge is 0.434 e. The average Bonchev–Trinajstić information content (AvgIpc) is 2.98. The molecule has 0 aliphatic rings. The van der Waals surface area contributed by atoms with Crippen molar-refractivity contribution < 1.29 is 22.3 Å². The largest absolute Gasteiger partial charge is 0.495 e. The number of ether oxygens (including phenoxy) is 1. The Morgan fingerprint density at radius 2 is 2.04 bits per heavy atom. The van der Waals surface area contributed by atoms with E-state index in [-0.39, 0.29) is 32.6 Å². The molecule has 0 radical (unpaired) electrons. The van der Waals surface area contributed by atoms with Gasteiger partial charge < -0.3 is 9.15 Å². The van der Waals surface area contributed by atoms with Crippen molar-refractivity contribution in [3.8, 4) is 16.6 Å². The minimum absolute atomic E-state index is 0.0618. The van der Waals surface area contributed by atoms with Gasteiger partial charge in [0.15, 0.2) is 10.7 Å². The van der Waals surface area contributed by atoms with Gasteiger partial charge in [0.1, 0.15) is 16.3 Å². The Hall–Kier alpha value is -2.13. The molecule has 0 fully saturated rings. The highest BCUT2D eigenvalue weighted by Crippen LogP contribution is 2.34. The number of alkyl halides is 3. The molecule has 3 aromatic rings. The summed E-state index contributed by atoms with van der Waals surface area (Å²) >= 11 is 6.75. The highest BCUT2D eigenvalue weighted by Gasteiger charge is 2.34. The minimum Gasteiger partial charge on any atom is -0.495 e. The first-order chi connectivity index (χ1) is 10.8. The van der Waals surface area contributed by atoms with Gasteiger partial charge in [-0.2, -0.15) is 13.2 Å². The average molecular weight is 363 g/mol. The summed E-state index contributed by atoms with van der Waals surface area (Å²) in [7, 11) is 1.38. The van der Waals surface area contributed by atoms with E-state index >= 15 is 0 Å². The number of benzene rings is 1. The molecule has 0 unspecified atom stereocenters. The van der Waals surface area contributed by atoms with E-state index < -0.39 is 17.5 Å². The second kappa shape index (κ2) is 5.50. The maximum Gasteiger partial charge on any atom is 0.434 e. The molecule has 23 heavy (non-hydrogen) atoms. The van der Waals surface area contributed by atoms with E-state index in [4.69, 9.17) is 20.8 Å². The summed E-state index contributed by atoms with van der Waals surface area (Å²) in [5, 5.41) is 0.795. The van der Waals surface area contributed by atoms with Crippen molar-refractivity contribution in [1.29, 1.82) is 0 Å². The number of thiazole rings is 1. The fraction of sp³-hybridized carbons (Fsp3) is 0.154. The number of hydrogen-bond acceptors (Lipinski definition) is 6. The van der Waals surface area contributed by atoms with Gasteiger partial charge in [0.05, 0.1) is 12.5 Å². The van der Waals surface area contributed by atoms with Crippen LogP contribution in [0.3, 0.4) is 0 Å². The predicted octanol–water partition coefficient (Wildman–Crippen LogP) is 3.99. The molecule has 0 N–H and O–H groups in total. The lowest BCUT2D eigenvalue weighted by molar-refractivity contribution is -0.140. The quantitative estimate of drug-likeness (QED) is 0.689. The van der Waals surface area contributed by atoms with E-state index in [0.29, 0.717) is 11.3 Å². The zero-order chi connectivity index (χ0) is 16.8. The second-order valence-electron chi connectivity index (χ2n) is 4.32. The van der Waals surface area contributed by atoms with Crippen LogP contribution >= 0.6 is 22.9 Å². The zero-order valence-electron chi connectivity index (χ0n) is 11.3. The normalized spacial score (nSPS) is 11.9. The van der Waals surface area contributed by atoms with Gasteiger partial charge in [-0.25, -0.2) is 14.8 Å². The maximum atomic E-state index is 12.6. The molecular formula is C13H6ClF3N2O3S. The summed E-state index contributed by atoms with van der Waals surface area (Å²) in [4.78, 5) is 19.4. The summed E-state index contributed by atoms with van der Waals surface area (Å²) in [6.07, 6.45) is -4.59. The van der Waals surface area contributed by atoms with Crippen LogP contribution in [-0.2, 0) is 6.18 Å². The zero-order valence-corrected chi connectivity index (χ0v) is 12.8. The van der Waals surface area contributed by atoms with Crippen molar-refractivity contribution >= 4 is 33.8 Å². The van der Waals surface area contributed by atoms with Gasteiger partial charge in [-0.3, -0.25) is 0 Å². The molecule has 2 heterocycles. The van der Waals surface area contributed by atoms with E-state index in [1.165, 1.54) is 19.2 Å². The van der Waals surface area contributed by atoms with E-state index in [9.17, 15) is 18.0 Å². The first kappa shape index (κ1) is 15.8. The second-order valence-corrected chi connectivity index (χ2v) is 5.56. The molecule has 0 saturated heterocycles. The Labute approximate surface area is 135 Å². The fourth-order valence-electron chi connectivity index (χ4n) is 1.84. The molecule has 120 valence electrons. The van der Waals surface area contributed by atoms with Crippen LogP contribution in [0.1, 0.15) is 5.69 Å². The third-order valence-electron chi connectivity index (χ3n) is 2.90. The maximum absolute atomic E-state index is 12.6.